The third-order valence-corrected chi connectivity index (χ3v) is 8.42. The van der Waals surface area contributed by atoms with Crippen molar-refractivity contribution >= 4 is 35.0 Å². The van der Waals surface area contributed by atoms with E-state index in [9.17, 15) is 9.59 Å². The zero-order valence-electron chi connectivity index (χ0n) is 22.8. The molecule has 1 atom stereocenters. The van der Waals surface area contributed by atoms with Gasteiger partial charge in [0.15, 0.2) is 4.80 Å². The molecule has 2 aromatic heterocycles. The molecule has 39 heavy (non-hydrogen) atoms. The molecule has 5 rings (SSSR count). The first-order chi connectivity index (χ1) is 18.6. The van der Waals surface area contributed by atoms with Gasteiger partial charge in [0.25, 0.3) is 5.56 Å². The number of thiazole rings is 1. The van der Waals surface area contributed by atoms with Crippen molar-refractivity contribution in [1.82, 2.24) is 9.13 Å². The molecule has 2 aromatic carbocycles. The lowest BCUT2D eigenvalue weighted by atomic mass is 9.93. The summed E-state index contributed by atoms with van der Waals surface area (Å²) in [5, 5.41) is 0.678. The number of esters is 1. The molecule has 6 nitrogen and oxygen atoms in total. The van der Waals surface area contributed by atoms with Gasteiger partial charge in [-0.15, -0.1) is 0 Å². The molecule has 0 amide bonds. The lowest BCUT2D eigenvalue weighted by molar-refractivity contribution is -0.136. The van der Waals surface area contributed by atoms with Crippen LogP contribution in [0.1, 0.15) is 60.8 Å². The largest absolute Gasteiger partial charge is 0.466 e. The third kappa shape index (κ3) is 4.81. The average Bonchev–Trinajstić information content (AvgIpc) is 3.37. The predicted octanol–water partition coefficient (Wildman–Crippen LogP) is 5.59. The van der Waals surface area contributed by atoms with Crippen LogP contribution in [-0.2, 0) is 9.53 Å². The van der Waals surface area contributed by atoms with Crippen molar-refractivity contribution in [2.45, 2.75) is 46.6 Å². The standard InChI is InChI=1S/C31H30ClN3O3S/c1-17(2)21-7-9-22(10-8-21)28-27(30(37)38-6)19(4)33-31-35(28)29(36)26(39-31)16-23-15-18(3)34(20(23)5)25-13-11-24(32)12-14-25/h7-17,28H,1-6H3/b26-16-/t28-/m0/s1. The number of aromatic nitrogens is 2. The topological polar surface area (TPSA) is 65.6 Å². The molecule has 3 heterocycles. The third-order valence-electron chi connectivity index (χ3n) is 7.19. The number of carbonyl (C=O) groups excluding carboxylic acids is 1. The number of rotatable bonds is 5. The minimum atomic E-state index is -0.626. The van der Waals surface area contributed by atoms with Gasteiger partial charge in [0.2, 0.25) is 0 Å². The van der Waals surface area contributed by atoms with Gasteiger partial charge in [0.1, 0.15) is 0 Å². The molecular weight excluding hydrogens is 530 g/mol. The fourth-order valence-corrected chi connectivity index (χ4v) is 6.30. The first kappa shape index (κ1) is 26.9. The number of ether oxygens (including phenoxy) is 1. The Morgan fingerprint density at radius 1 is 1.08 bits per heavy atom. The second kappa shape index (κ2) is 10.5. The van der Waals surface area contributed by atoms with Crippen molar-refractivity contribution in [2.24, 2.45) is 4.99 Å². The van der Waals surface area contributed by atoms with Crippen molar-refractivity contribution in [3.05, 3.63) is 119 Å². The van der Waals surface area contributed by atoms with Gasteiger partial charge in [0, 0.05) is 22.1 Å². The predicted molar refractivity (Wildman–Crippen MR) is 157 cm³/mol. The van der Waals surface area contributed by atoms with Gasteiger partial charge in [0.05, 0.1) is 29.0 Å². The minimum Gasteiger partial charge on any atom is -0.466 e. The number of allylic oxidation sites excluding steroid dienone is 1. The Bertz CT molecular complexity index is 1790. The molecule has 0 aliphatic carbocycles. The molecule has 200 valence electrons. The quantitative estimate of drug-likeness (QED) is 0.299. The summed E-state index contributed by atoms with van der Waals surface area (Å²) >= 11 is 7.42. The van der Waals surface area contributed by atoms with Gasteiger partial charge in [-0.3, -0.25) is 9.36 Å². The number of aryl methyl sites for hydroxylation is 1. The lowest BCUT2D eigenvalue weighted by Gasteiger charge is -2.24. The normalized spacial score (nSPS) is 15.5. The molecule has 1 aliphatic heterocycles. The molecule has 0 spiro atoms. The maximum atomic E-state index is 13.9. The van der Waals surface area contributed by atoms with Crippen LogP contribution >= 0.6 is 22.9 Å². The number of carbonyl (C=O) groups is 1. The van der Waals surface area contributed by atoms with Crippen molar-refractivity contribution in [3.8, 4) is 5.69 Å². The molecule has 0 bridgehead atoms. The van der Waals surface area contributed by atoms with Crippen LogP contribution in [0, 0.1) is 13.8 Å². The van der Waals surface area contributed by atoms with Gasteiger partial charge in [-0.2, -0.15) is 0 Å². The van der Waals surface area contributed by atoms with Crippen LogP contribution < -0.4 is 14.9 Å². The smallest absolute Gasteiger partial charge is 0.338 e. The molecule has 0 saturated carbocycles. The summed E-state index contributed by atoms with van der Waals surface area (Å²) in [5.74, 6) is -0.125. The summed E-state index contributed by atoms with van der Waals surface area (Å²) in [6.07, 6.45) is 1.91. The molecule has 0 radical (unpaired) electrons. The summed E-state index contributed by atoms with van der Waals surface area (Å²) in [6, 6.07) is 17.2. The van der Waals surface area contributed by atoms with Gasteiger partial charge in [-0.1, -0.05) is 61.1 Å². The van der Waals surface area contributed by atoms with Gasteiger partial charge in [-0.25, -0.2) is 9.79 Å². The summed E-state index contributed by atoms with van der Waals surface area (Å²) in [7, 11) is 1.35. The SMILES string of the molecule is COC(=O)C1=C(C)N=c2s/c(=C\c3cc(C)n(-c4ccc(Cl)cc4)c3C)c(=O)n2[C@H]1c1ccc(C(C)C)cc1. The van der Waals surface area contributed by atoms with Crippen LogP contribution in [0.25, 0.3) is 11.8 Å². The highest BCUT2D eigenvalue weighted by Crippen LogP contribution is 2.31. The van der Waals surface area contributed by atoms with Crippen molar-refractivity contribution in [3.63, 3.8) is 0 Å². The highest BCUT2D eigenvalue weighted by Gasteiger charge is 2.33. The van der Waals surface area contributed by atoms with Crippen molar-refractivity contribution < 1.29 is 9.53 Å². The van der Waals surface area contributed by atoms with E-state index in [4.69, 9.17) is 16.3 Å². The molecular formula is C31H30ClN3O3S. The van der Waals surface area contributed by atoms with Crippen LogP contribution in [0.3, 0.4) is 0 Å². The van der Waals surface area contributed by atoms with E-state index in [1.807, 2.05) is 68.5 Å². The molecule has 0 fully saturated rings. The Kier molecular flexibility index (Phi) is 7.23. The number of fused-ring (bicyclic) bond motifs is 1. The van der Waals surface area contributed by atoms with E-state index in [0.717, 1.165) is 28.2 Å². The molecule has 8 heteroatoms. The molecule has 0 N–H and O–H groups in total. The summed E-state index contributed by atoms with van der Waals surface area (Å²) in [5.41, 5.74) is 6.73. The number of halogens is 1. The van der Waals surface area contributed by atoms with E-state index in [0.29, 0.717) is 31.5 Å². The Morgan fingerprint density at radius 3 is 2.36 bits per heavy atom. The molecule has 0 saturated heterocycles. The van der Waals surface area contributed by atoms with E-state index in [2.05, 4.69) is 29.5 Å². The van der Waals surface area contributed by atoms with E-state index >= 15 is 0 Å². The molecule has 1 aliphatic rings. The fourth-order valence-electron chi connectivity index (χ4n) is 5.13. The Labute approximate surface area is 236 Å². The van der Waals surface area contributed by atoms with Crippen LogP contribution in [0.2, 0.25) is 5.02 Å². The number of methoxy groups -OCH3 is 1. The van der Waals surface area contributed by atoms with Crippen LogP contribution in [0.15, 0.2) is 75.7 Å². The van der Waals surface area contributed by atoms with Gasteiger partial charge < -0.3 is 9.30 Å². The maximum absolute atomic E-state index is 13.9. The fraction of sp³-hybridized carbons (Fsp3) is 0.258. The second-order valence-electron chi connectivity index (χ2n) is 10.0. The van der Waals surface area contributed by atoms with Gasteiger partial charge >= 0.3 is 5.97 Å². The van der Waals surface area contributed by atoms with Crippen molar-refractivity contribution in [2.75, 3.05) is 7.11 Å². The number of nitrogens with zero attached hydrogens (tertiary/aromatic N) is 3. The monoisotopic (exact) mass is 559 g/mol. The Morgan fingerprint density at radius 2 is 1.74 bits per heavy atom. The molecule has 0 unspecified atom stereocenters. The van der Waals surface area contributed by atoms with Crippen molar-refractivity contribution in [1.29, 1.82) is 0 Å². The second-order valence-corrected chi connectivity index (χ2v) is 11.5. The Balaban J connectivity index is 1.68. The van der Waals surface area contributed by atoms with Crippen LogP contribution in [0.4, 0.5) is 0 Å². The average molecular weight is 560 g/mol. The summed E-state index contributed by atoms with van der Waals surface area (Å²) in [4.78, 5) is 32.1. The molecule has 4 aromatic rings. The Hall–Kier alpha value is -3.68. The van der Waals surface area contributed by atoms with Gasteiger partial charge in [-0.05, 0) is 79.8 Å². The first-order valence-corrected chi connectivity index (χ1v) is 14.0. The summed E-state index contributed by atoms with van der Waals surface area (Å²) < 4.78 is 9.43. The number of hydrogen-bond donors (Lipinski definition) is 0. The van der Waals surface area contributed by atoms with E-state index in [1.165, 1.54) is 24.0 Å². The maximum Gasteiger partial charge on any atom is 0.338 e. The first-order valence-electron chi connectivity index (χ1n) is 12.8. The highest BCUT2D eigenvalue weighted by atomic mass is 35.5. The minimum absolute atomic E-state index is 0.193. The number of hydrogen-bond acceptors (Lipinski definition) is 5. The van der Waals surface area contributed by atoms with E-state index < -0.39 is 12.0 Å². The highest BCUT2D eigenvalue weighted by molar-refractivity contribution is 7.07. The zero-order chi connectivity index (χ0) is 28.0. The lowest BCUT2D eigenvalue weighted by Crippen LogP contribution is -2.39. The number of benzene rings is 2. The van der Waals surface area contributed by atoms with E-state index in [1.54, 1.807) is 11.5 Å². The zero-order valence-corrected chi connectivity index (χ0v) is 24.4. The van der Waals surface area contributed by atoms with Crippen LogP contribution in [-0.4, -0.2) is 22.2 Å². The van der Waals surface area contributed by atoms with E-state index in [-0.39, 0.29) is 5.56 Å². The van der Waals surface area contributed by atoms with Crippen LogP contribution in [0.5, 0.6) is 0 Å². The summed E-state index contributed by atoms with van der Waals surface area (Å²) in [6.45, 7) is 10.1.